The number of pyridine rings is 2. The zero-order valence-corrected chi connectivity index (χ0v) is 14.6. The van der Waals surface area contributed by atoms with Gasteiger partial charge in [0, 0.05) is 11.3 Å². The van der Waals surface area contributed by atoms with Crippen LogP contribution in [0.25, 0.3) is 22.6 Å². The van der Waals surface area contributed by atoms with E-state index in [-0.39, 0.29) is 17.2 Å². The molecular weight excluding hydrogens is 344 g/mol. The Morgan fingerprint density at radius 1 is 1.26 bits per heavy atom. The van der Waals surface area contributed by atoms with E-state index in [1.54, 1.807) is 48.0 Å². The van der Waals surface area contributed by atoms with Crippen molar-refractivity contribution in [3.05, 3.63) is 59.7 Å². The maximum atomic E-state index is 12.1. The van der Waals surface area contributed by atoms with Gasteiger partial charge in [0.25, 0.3) is 0 Å². The molecule has 4 aromatic rings. The highest BCUT2D eigenvalue weighted by Crippen LogP contribution is 2.27. The Kier molecular flexibility index (Phi) is 3.70. The van der Waals surface area contributed by atoms with E-state index in [4.69, 9.17) is 5.26 Å². The molecule has 4 aromatic heterocycles. The van der Waals surface area contributed by atoms with Gasteiger partial charge in [0.1, 0.15) is 11.8 Å². The van der Waals surface area contributed by atoms with Gasteiger partial charge >= 0.3 is 0 Å². The summed E-state index contributed by atoms with van der Waals surface area (Å²) in [6, 6.07) is 10.4. The monoisotopic (exact) mass is 358 g/mol. The van der Waals surface area contributed by atoms with Crippen LogP contribution in [0.4, 0.5) is 0 Å². The SMILES string of the molecule is CC(=O)c1ccc(-c2cnn3cc(O)ccc23)nc1-n1nc(C#N)cc1C. The number of hydrogen-bond acceptors (Lipinski definition) is 6. The molecule has 0 unspecified atom stereocenters. The van der Waals surface area contributed by atoms with Gasteiger partial charge in [0.2, 0.25) is 0 Å². The predicted molar refractivity (Wildman–Crippen MR) is 96.7 cm³/mol. The fourth-order valence-corrected chi connectivity index (χ4v) is 2.95. The van der Waals surface area contributed by atoms with Gasteiger partial charge in [0.15, 0.2) is 17.3 Å². The average molecular weight is 358 g/mol. The van der Waals surface area contributed by atoms with Gasteiger partial charge < -0.3 is 5.11 Å². The van der Waals surface area contributed by atoms with Gasteiger partial charge in [-0.05, 0) is 44.2 Å². The highest BCUT2D eigenvalue weighted by atomic mass is 16.3. The molecule has 0 aliphatic carbocycles. The van der Waals surface area contributed by atoms with Gasteiger partial charge in [-0.3, -0.25) is 4.79 Å². The molecule has 0 spiro atoms. The van der Waals surface area contributed by atoms with E-state index in [0.29, 0.717) is 22.8 Å². The Morgan fingerprint density at radius 3 is 2.78 bits per heavy atom. The molecule has 132 valence electrons. The molecule has 4 rings (SSSR count). The van der Waals surface area contributed by atoms with E-state index in [9.17, 15) is 9.90 Å². The van der Waals surface area contributed by atoms with Crippen molar-refractivity contribution in [2.75, 3.05) is 0 Å². The molecule has 8 nitrogen and oxygen atoms in total. The molecule has 8 heteroatoms. The van der Waals surface area contributed by atoms with Crippen LogP contribution in [0.15, 0.2) is 42.7 Å². The third kappa shape index (κ3) is 2.71. The van der Waals surface area contributed by atoms with E-state index in [2.05, 4.69) is 15.2 Å². The molecule has 0 saturated heterocycles. The number of aryl methyl sites for hydroxylation is 1. The number of ketones is 1. The maximum Gasteiger partial charge on any atom is 0.165 e. The first-order valence-electron chi connectivity index (χ1n) is 8.14. The van der Waals surface area contributed by atoms with Crippen LogP contribution >= 0.6 is 0 Å². The Bertz CT molecular complexity index is 1250. The van der Waals surface area contributed by atoms with Gasteiger partial charge in [-0.25, -0.2) is 14.2 Å². The quantitative estimate of drug-likeness (QED) is 0.564. The summed E-state index contributed by atoms with van der Waals surface area (Å²) in [5, 5.41) is 27.2. The minimum Gasteiger partial charge on any atom is -0.506 e. The van der Waals surface area contributed by atoms with E-state index in [1.165, 1.54) is 17.8 Å². The second-order valence-corrected chi connectivity index (χ2v) is 6.09. The zero-order valence-electron chi connectivity index (χ0n) is 14.6. The van der Waals surface area contributed by atoms with E-state index >= 15 is 0 Å². The second kappa shape index (κ2) is 6.07. The van der Waals surface area contributed by atoms with Crippen molar-refractivity contribution < 1.29 is 9.90 Å². The summed E-state index contributed by atoms with van der Waals surface area (Å²) >= 11 is 0. The number of nitriles is 1. The molecule has 27 heavy (non-hydrogen) atoms. The van der Waals surface area contributed by atoms with Crippen LogP contribution in [0.1, 0.15) is 28.7 Å². The van der Waals surface area contributed by atoms with Crippen molar-refractivity contribution in [2.45, 2.75) is 13.8 Å². The number of fused-ring (bicyclic) bond motifs is 1. The third-order valence-electron chi connectivity index (χ3n) is 4.23. The number of carbonyl (C=O) groups is 1. The molecule has 0 radical (unpaired) electrons. The van der Waals surface area contributed by atoms with Crippen molar-refractivity contribution in [3.8, 4) is 28.9 Å². The normalized spacial score (nSPS) is 10.9. The number of Topliss-reactive ketones (excluding diaryl/α,β-unsaturated/α-hetero) is 1. The van der Waals surface area contributed by atoms with Gasteiger partial charge in [0.05, 0.1) is 29.2 Å². The minimum atomic E-state index is -0.151. The van der Waals surface area contributed by atoms with Gasteiger partial charge in [-0.1, -0.05) is 0 Å². The Hall–Kier alpha value is -3.99. The molecular formula is C19H14N6O2. The predicted octanol–water partition coefficient (Wildman–Crippen LogP) is 2.67. The Balaban J connectivity index is 1.94. The van der Waals surface area contributed by atoms with Crippen LogP contribution in [0, 0.1) is 18.3 Å². The minimum absolute atomic E-state index is 0.105. The summed E-state index contributed by atoms with van der Waals surface area (Å²) in [6.07, 6.45) is 3.14. The molecule has 0 saturated carbocycles. The number of carbonyl (C=O) groups excluding carboxylic acids is 1. The molecule has 4 heterocycles. The molecule has 1 N–H and O–H groups in total. The number of hydrogen-bond donors (Lipinski definition) is 1. The second-order valence-electron chi connectivity index (χ2n) is 6.09. The Morgan fingerprint density at radius 2 is 2.07 bits per heavy atom. The smallest absolute Gasteiger partial charge is 0.165 e. The number of rotatable bonds is 3. The largest absolute Gasteiger partial charge is 0.506 e. The van der Waals surface area contributed by atoms with E-state index in [0.717, 1.165) is 11.1 Å². The highest BCUT2D eigenvalue weighted by molar-refractivity contribution is 5.97. The fraction of sp³-hybridized carbons (Fsp3) is 0.105. The van der Waals surface area contributed by atoms with Crippen molar-refractivity contribution in [1.29, 1.82) is 5.26 Å². The first kappa shape index (κ1) is 16.5. The summed E-state index contributed by atoms with van der Waals surface area (Å²) in [6.45, 7) is 3.26. The van der Waals surface area contributed by atoms with Crippen LogP contribution in [-0.2, 0) is 0 Å². The van der Waals surface area contributed by atoms with E-state index in [1.807, 2.05) is 6.07 Å². The first-order valence-corrected chi connectivity index (χ1v) is 8.14. The molecule has 0 aliphatic heterocycles. The summed E-state index contributed by atoms with van der Waals surface area (Å²) in [5.41, 5.74) is 3.46. The Labute approximate surface area is 153 Å². The van der Waals surface area contributed by atoms with Crippen molar-refractivity contribution in [2.24, 2.45) is 0 Å². The number of aromatic hydroxyl groups is 1. The van der Waals surface area contributed by atoms with Crippen LogP contribution in [0.3, 0.4) is 0 Å². The molecule has 0 atom stereocenters. The fourth-order valence-electron chi connectivity index (χ4n) is 2.95. The molecule has 0 amide bonds. The summed E-state index contributed by atoms with van der Waals surface area (Å²) < 4.78 is 3.05. The average Bonchev–Trinajstić information content (AvgIpc) is 3.23. The maximum absolute atomic E-state index is 12.1. The van der Waals surface area contributed by atoms with E-state index < -0.39 is 0 Å². The summed E-state index contributed by atoms with van der Waals surface area (Å²) in [5.74, 6) is 0.313. The van der Waals surface area contributed by atoms with Gasteiger partial charge in [-0.2, -0.15) is 15.5 Å². The van der Waals surface area contributed by atoms with Crippen molar-refractivity contribution in [1.82, 2.24) is 24.4 Å². The van der Waals surface area contributed by atoms with Crippen LogP contribution in [0.5, 0.6) is 5.75 Å². The number of aromatic nitrogens is 5. The highest BCUT2D eigenvalue weighted by Gasteiger charge is 2.18. The lowest BCUT2D eigenvalue weighted by Crippen LogP contribution is -2.09. The van der Waals surface area contributed by atoms with Crippen LogP contribution < -0.4 is 0 Å². The van der Waals surface area contributed by atoms with Crippen LogP contribution in [-0.4, -0.2) is 35.3 Å². The topological polar surface area (TPSA) is 109 Å². The number of nitrogens with zero attached hydrogens (tertiary/aromatic N) is 6. The molecule has 0 bridgehead atoms. The van der Waals surface area contributed by atoms with Crippen LogP contribution in [0.2, 0.25) is 0 Å². The summed E-state index contributed by atoms with van der Waals surface area (Å²) in [7, 11) is 0. The van der Waals surface area contributed by atoms with Gasteiger partial charge in [-0.15, -0.1) is 0 Å². The lowest BCUT2D eigenvalue weighted by molar-refractivity contribution is 0.101. The summed E-state index contributed by atoms with van der Waals surface area (Å²) in [4.78, 5) is 16.7. The van der Waals surface area contributed by atoms with Crippen molar-refractivity contribution in [3.63, 3.8) is 0 Å². The first-order chi connectivity index (χ1) is 13.0. The third-order valence-corrected chi connectivity index (χ3v) is 4.23. The van der Waals surface area contributed by atoms with Crippen molar-refractivity contribution >= 4 is 11.3 Å². The lowest BCUT2D eigenvalue weighted by Gasteiger charge is -2.10. The molecule has 0 aromatic carbocycles. The zero-order chi connectivity index (χ0) is 19.1. The lowest BCUT2D eigenvalue weighted by atomic mass is 10.1. The molecule has 0 fully saturated rings. The molecule has 0 aliphatic rings. The standard InChI is InChI=1S/C19H14N6O2/c1-11-7-13(8-20)23-25(11)19-15(12(2)26)4-5-17(22-19)16-9-21-24-10-14(27)3-6-18(16)24/h3-7,9-10,27H,1-2H3.